The van der Waals surface area contributed by atoms with Gasteiger partial charge in [0.25, 0.3) is 5.91 Å². The van der Waals surface area contributed by atoms with E-state index in [-0.39, 0.29) is 11.9 Å². The summed E-state index contributed by atoms with van der Waals surface area (Å²) in [5.74, 6) is 1.86. The van der Waals surface area contributed by atoms with Gasteiger partial charge in [0.15, 0.2) is 5.82 Å². The highest BCUT2D eigenvalue weighted by atomic mass is 16.2. The van der Waals surface area contributed by atoms with Gasteiger partial charge in [-0.15, -0.1) is 0 Å². The van der Waals surface area contributed by atoms with Crippen molar-refractivity contribution >= 4 is 11.7 Å². The summed E-state index contributed by atoms with van der Waals surface area (Å²) in [6.07, 6.45) is 6.78. The van der Waals surface area contributed by atoms with Gasteiger partial charge >= 0.3 is 0 Å². The summed E-state index contributed by atoms with van der Waals surface area (Å²) in [6, 6.07) is 10.5. The fourth-order valence-corrected chi connectivity index (χ4v) is 5.12. The van der Waals surface area contributed by atoms with Crippen LogP contribution in [0.1, 0.15) is 70.4 Å². The Bertz CT molecular complexity index is 1160. The molecule has 33 heavy (non-hydrogen) atoms. The standard InChI is InChI=1S/C26H32N6O/c1-18-21-12-9-14-31(17-20-10-5-4-6-11-20)25(21)29-24(28-18)23-13-7-8-15-32(23)26(33)22-16-27-30(3)19(22)2/h4-6,10-11,16,23H,7-9,12-15,17H2,1-3H3/t23-/m0/s1. The molecule has 0 aliphatic carbocycles. The van der Waals surface area contributed by atoms with Crippen molar-refractivity contribution in [3.05, 3.63) is 70.4 Å². The van der Waals surface area contributed by atoms with Crippen LogP contribution in [0.25, 0.3) is 0 Å². The number of benzene rings is 1. The number of fused-ring (bicyclic) bond motifs is 1. The molecule has 0 N–H and O–H groups in total. The number of piperidine rings is 1. The van der Waals surface area contributed by atoms with E-state index in [0.717, 1.165) is 74.8 Å². The van der Waals surface area contributed by atoms with Crippen LogP contribution in [0.2, 0.25) is 0 Å². The molecule has 7 heteroatoms. The molecule has 2 aliphatic rings. The zero-order valence-electron chi connectivity index (χ0n) is 19.8. The quantitative estimate of drug-likeness (QED) is 0.605. The molecule has 0 saturated carbocycles. The molecule has 2 aromatic heterocycles. The third-order valence-electron chi connectivity index (χ3n) is 7.11. The number of likely N-dealkylation sites (tertiary alicyclic amines) is 1. The Kier molecular flexibility index (Phi) is 5.87. The van der Waals surface area contributed by atoms with Gasteiger partial charge in [-0.3, -0.25) is 9.48 Å². The molecule has 7 nitrogen and oxygen atoms in total. The Morgan fingerprint density at radius 3 is 2.64 bits per heavy atom. The summed E-state index contributed by atoms with van der Waals surface area (Å²) in [7, 11) is 1.87. The minimum atomic E-state index is -0.102. The fraction of sp³-hybridized carbons (Fsp3) is 0.462. The second-order valence-corrected chi connectivity index (χ2v) is 9.26. The maximum absolute atomic E-state index is 13.5. The maximum atomic E-state index is 13.5. The van der Waals surface area contributed by atoms with Crippen molar-refractivity contribution in [3.8, 4) is 0 Å². The number of carbonyl (C=O) groups is 1. The van der Waals surface area contributed by atoms with Crippen LogP contribution in [-0.2, 0) is 20.0 Å². The number of aromatic nitrogens is 4. The molecule has 1 saturated heterocycles. The Balaban J connectivity index is 1.49. The van der Waals surface area contributed by atoms with Crippen LogP contribution < -0.4 is 4.90 Å². The average molecular weight is 445 g/mol. The van der Waals surface area contributed by atoms with E-state index in [1.807, 2.05) is 18.9 Å². The first kappa shape index (κ1) is 21.6. The van der Waals surface area contributed by atoms with Crippen LogP contribution in [0.5, 0.6) is 0 Å². The largest absolute Gasteiger partial charge is 0.352 e. The van der Waals surface area contributed by atoms with Crippen LogP contribution in [-0.4, -0.2) is 43.6 Å². The molecule has 0 bridgehead atoms. The van der Waals surface area contributed by atoms with Gasteiger partial charge in [0.05, 0.1) is 17.8 Å². The number of nitrogens with zero attached hydrogens (tertiary/aromatic N) is 6. The number of carbonyl (C=O) groups excluding carboxylic acids is 1. The van der Waals surface area contributed by atoms with E-state index in [2.05, 4.69) is 47.3 Å². The average Bonchev–Trinajstić information content (AvgIpc) is 3.18. The third-order valence-corrected chi connectivity index (χ3v) is 7.11. The zero-order valence-corrected chi connectivity index (χ0v) is 19.8. The summed E-state index contributed by atoms with van der Waals surface area (Å²) in [5.41, 5.74) is 5.14. The summed E-state index contributed by atoms with van der Waals surface area (Å²) in [6.45, 7) is 6.59. The first-order valence-corrected chi connectivity index (χ1v) is 12.0. The van der Waals surface area contributed by atoms with Crippen LogP contribution in [0.3, 0.4) is 0 Å². The molecule has 5 rings (SSSR count). The van der Waals surface area contributed by atoms with E-state index < -0.39 is 0 Å². The lowest BCUT2D eigenvalue weighted by atomic mass is 9.98. The molecular formula is C26H32N6O. The lowest BCUT2D eigenvalue weighted by Crippen LogP contribution is -2.40. The Morgan fingerprint density at radius 2 is 1.88 bits per heavy atom. The van der Waals surface area contributed by atoms with Crippen molar-refractivity contribution in [2.45, 2.75) is 58.5 Å². The molecule has 4 heterocycles. The molecule has 172 valence electrons. The minimum Gasteiger partial charge on any atom is -0.352 e. The van der Waals surface area contributed by atoms with Crippen LogP contribution >= 0.6 is 0 Å². The number of rotatable bonds is 4. The molecule has 0 unspecified atom stereocenters. The van der Waals surface area contributed by atoms with Crippen molar-refractivity contribution in [1.29, 1.82) is 0 Å². The highest BCUT2D eigenvalue weighted by Gasteiger charge is 2.33. The van der Waals surface area contributed by atoms with E-state index in [1.54, 1.807) is 10.9 Å². The van der Waals surface area contributed by atoms with Gasteiger partial charge in [0.1, 0.15) is 5.82 Å². The molecular weight excluding hydrogens is 412 g/mol. The van der Waals surface area contributed by atoms with Crippen LogP contribution in [0.15, 0.2) is 36.5 Å². The van der Waals surface area contributed by atoms with Gasteiger partial charge in [-0.05, 0) is 51.5 Å². The molecule has 1 fully saturated rings. The minimum absolute atomic E-state index is 0.0328. The van der Waals surface area contributed by atoms with Crippen LogP contribution in [0, 0.1) is 13.8 Å². The summed E-state index contributed by atoms with van der Waals surface area (Å²) >= 11 is 0. The van der Waals surface area contributed by atoms with Crippen LogP contribution in [0.4, 0.5) is 5.82 Å². The third kappa shape index (κ3) is 4.12. The molecule has 1 amide bonds. The Labute approximate surface area is 195 Å². The topological polar surface area (TPSA) is 67.2 Å². The number of anilines is 1. The van der Waals surface area contributed by atoms with E-state index in [9.17, 15) is 4.79 Å². The maximum Gasteiger partial charge on any atom is 0.257 e. The second-order valence-electron chi connectivity index (χ2n) is 9.26. The SMILES string of the molecule is Cc1nc([C@@H]2CCCCN2C(=O)c2cnn(C)c2C)nc2c1CCCN2Cc1ccccc1. The number of hydrogen-bond acceptors (Lipinski definition) is 5. The van der Waals surface area contributed by atoms with E-state index >= 15 is 0 Å². The molecule has 0 spiro atoms. The smallest absolute Gasteiger partial charge is 0.257 e. The molecule has 1 atom stereocenters. The van der Waals surface area contributed by atoms with Gasteiger partial charge in [-0.2, -0.15) is 5.10 Å². The highest BCUT2D eigenvalue weighted by Crippen LogP contribution is 2.35. The van der Waals surface area contributed by atoms with Crippen molar-refractivity contribution in [1.82, 2.24) is 24.6 Å². The van der Waals surface area contributed by atoms with Crippen molar-refractivity contribution in [2.24, 2.45) is 7.05 Å². The van der Waals surface area contributed by atoms with E-state index in [0.29, 0.717) is 5.56 Å². The lowest BCUT2D eigenvalue weighted by molar-refractivity contribution is 0.0598. The van der Waals surface area contributed by atoms with E-state index in [4.69, 9.17) is 9.97 Å². The van der Waals surface area contributed by atoms with Crippen molar-refractivity contribution < 1.29 is 4.79 Å². The second kappa shape index (κ2) is 8.96. The van der Waals surface area contributed by atoms with Gasteiger partial charge in [-0.25, -0.2) is 9.97 Å². The highest BCUT2D eigenvalue weighted by molar-refractivity contribution is 5.95. The molecule has 1 aromatic carbocycles. The van der Waals surface area contributed by atoms with Gasteiger partial charge < -0.3 is 9.80 Å². The molecule has 0 radical (unpaired) electrons. The zero-order chi connectivity index (χ0) is 22.9. The van der Waals surface area contributed by atoms with E-state index in [1.165, 1.54) is 11.1 Å². The van der Waals surface area contributed by atoms with Crippen molar-refractivity contribution in [2.75, 3.05) is 18.0 Å². The van der Waals surface area contributed by atoms with Gasteiger partial charge in [0, 0.05) is 43.6 Å². The summed E-state index contributed by atoms with van der Waals surface area (Å²) < 4.78 is 1.76. The monoisotopic (exact) mass is 444 g/mol. The fourth-order valence-electron chi connectivity index (χ4n) is 5.12. The van der Waals surface area contributed by atoms with Gasteiger partial charge in [0.2, 0.25) is 0 Å². The normalized spacial score (nSPS) is 18.3. The molecule has 3 aromatic rings. The molecule has 2 aliphatic heterocycles. The van der Waals surface area contributed by atoms with Gasteiger partial charge in [-0.1, -0.05) is 30.3 Å². The number of hydrogen-bond donors (Lipinski definition) is 0. The predicted molar refractivity (Wildman–Crippen MR) is 128 cm³/mol. The Hall–Kier alpha value is -3.22. The first-order valence-electron chi connectivity index (χ1n) is 12.0. The lowest BCUT2D eigenvalue weighted by Gasteiger charge is -2.36. The number of amides is 1. The predicted octanol–water partition coefficient (Wildman–Crippen LogP) is 4.15. The first-order chi connectivity index (χ1) is 16.0. The van der Waals surface area contributed by atoms with Crippen molar-refractivity contribution in [3.63, 3.8) is 0 Å². The number of aryl methyl sites for hydroxylation is 2. The summed E-state index contributed by atoms with van der Waals surface area (Å²) in [4.78, 5) is 27.9. The summed E-state index contributed by atoms with van der Waals surface area (Å²) in [5, 5.41) is 4.28. The Morgan fingerprint density at radius 1 is 1.06 bits per heavy atom.